The molecule has 2 rings (SSSR count). The summed E-state index contributed by atoms with van der Waals surface area (Å²) < 4.78 is 0. The molecule has 1 nitrogen and oxygen atoms in total. The zero-order valence-electron chi connectivity index (χ0n) is 11.6. The summed E-state index contributed by atoms with van der Waals surface area (Å²) in [6, 6.07) is 8.02. The van der Waals surface area contributed by atoms with Crippen LogP contribution in [0.2, 0.25) is 0 Å². The molecule has 1 heteroatoms. The van der Waals surface area contributed by atoms with Crippen molar-refractivity contribution in [1.29, 1.82) is 0 Å². The molecule has 2 atom stereocenters. The third kappa shape index (κ3) is 3.44. The van der Waals surface area contributed by atoms with Crippen molar-refractivity contribution in [1.82, 2.24) is 0 Å². The van der Waals surface area contributed by atoms with Crippen molar-refractivity contribution in [2.75, 3.05) is 0 Å². The van der Waals surface area contributed by atoms with Gasteiger partial charge in [-0.05, 0) is 25.7 Å². The Morgan fingerprint density at radius 2 is 1.89 bits per heavy atom. The van der Waals surface area contributed by atoms with E-state index in [2.05, 4.69) is 13.8 Å². The molecule has 0 bridgehead atoms. The van der Waals surface area contributed by atoms with Gasteiger partial charge in [-0.25, -0.2) is 0 Å². The SMILES string of the molecule is CCCCCC[C@H]1C[C@@H]1C(=O)c1ccc(C)cc1. The van der Waals surface area contributed by atoms with E-state index in [9.17, 15) is 4.79 Å². The van der Waals surface area contributed by atoms with E-state index in [1.165, 1.54) is 37.7 Å². The number of carbonyl (C=O) groups is 1. The molecule has 0 saturated heterocycles. The van der Waals surface area contributed by atoms with Crippen LogP contribution < -0.4 is 0 Å². The lowest BCUT2D eigenvalue weighted by atomic mass is 10.0. The molecular formula is C17H24O. The topological polar surface area (TPSA) is 17.1 Å². The number of aryl methyl sites for hydroxylation is 1. The lowest BCUT2D eigenvalue weighted by molar-refractivity contribution is 0.0960. The van der Waals surface area contributed by atoms with Crippen LogP contribution in [0.4, 0.5) is 0 Å². The zero-order valence-corrected chi connectivity index (χ0v) is 11.6. The van der Waals surface area contributed by atoms with Crippen LogP contribution in [0.25, 0.3) is 0 Å². The van der Waals surface area contributed by atoms with Gasteiger partial charge < -0.3 is 0 Å². The first-order valence-electron chi connectivity index (χ1n) is 7.33. The fourth-order valence-electron chi connectivity index (χ4n) is 2.65. The largest absolute Gasteiger partial charge is 0.294 e. The van der Waals surface area contributed by atoms with Crippen molar-refractivity contribution in [2.45, 2.75) is 52.4 Å². The maximum Gasteiger partial charge on any atom is 0.166 e. The van der Waals surface area contributed by atoms with Gasteiger partial charge in [-0.15, -0.1) is 0 Å². The van der Waals surface area contributed by atoms with Crippen molar-refractivity contribution >= 4 is 5.78 Å². The number of unbranched alkanes of at least 4 members (excludes halogenated alkanes) is 3. The lowest BCUT2D eigenvalue weighted by Crippen LogP contribution is -2.03. The van der Waals surface area contributed by atoms with Crippen LogP contribution >= 0.6 is 0 Å². The number of hydrogen-bond donors (Lipinski definition) is 0. The van der Waals surface area contributed by atoms with Gasteiger partial charge in [0.2, 0.25) is 0 Å². The van der Waals surface area contributed by atoms with Gasteiger partial charge in [0, 0.05) is 11.5 Å². The number of Topliss-reactive ketones (excluding diaryl/α,β-unsaturated/α-hetero) is 1. The molecule has 98 valence electrons. The van der Waals surface area contributed by atoms with Crippen LogP contribution in [0.1, 0.15) is 61.4 Å². The van der Waals surface area contributed by atoms with Crippen molar-refractivity contribution in [3.05, 3.63) is 35.4 Å². The van der Waals surface area contributed by atoms with Gasteiger partial charge >= 0.3 is 0 Å². The highest BCUT2D eigenvalue weighted by molar-refractivity contribution is 5.99. The number of rotatable bonds is 7. The number of benzene rings is 1. The van der Waals surface area contributed by atoms with Gasteiger partial charge in [0.25, 0.3) is 0 Å². The first kappa shape index (κ1) is 13.3. The van der Waals surface area contributed by atoms with Crippen molar-refractivity contribution in [3.63, 3.8) is 0 Å². The Kier molecular flexibility index (Phi) is 4.57. The van der Waals surface area contributed by atoms with E-state index in [0.717, 1.165) is 12.0 Å². The van der Waals surface area contributed by atoms with Crippen LogP contribution in [-0.2, 0) is 0 Å². The highest BCUT2D eigenvalue weighted by Gasteiger charge is 2.42. The van der Waals surface area contributed by atoms with Gasteiger partial charge in [0.05, 0.1) is 0 Å². The summed E-state index contributed by atoms with van der Waals surface area (Å²) in [5.41, 5.74) is 2.13. The molecule has 0 heterocycles. The Morgan fingerprint density at radius 1 is 1.17 bits per heavy atom. The Bertz CT molecular complexity index is 391. The molecule has 18 heavy (non-hydrogen) atoms. The van der Waals surface area contributed by atoms with E-state index in [-0.39, 0.29) is 0 Å². The molecule has 0 radical (unpaired) electrons. The molecule has 1 aliphatic carbocycles. The maximum atomic E-state index is 12.2. The molecule has 0 amide bonds. The van der Waals surface area contributed by atoms with E-state index in [4.69, 9.17) is 0 Å². The van der Waals surface area contributed by atoms with Crippen molar-refractivity contribution in [2.24, 2.45) is 11.8 Å². The number of ketones is 1. The first-order valence-corrected chi connectivity index (χ1v) is 7.33. The van der Waals surface area contributed by atoms with E-state index < -0.39 is 0 Å². The summed E-state index contributed by atoms with van der Waals surface area (Å²) in [5.74, 6) is 1.38. The summed E-state index contributed by atoms with van der Waals surface area (Å²) in [4.78, 5) is 12.2. The summed E-state index contributed by atoms with van der Waals surface area (Å²) in [6.07, 6.45) is 7.63. The van der Waals surface area contributed by atoms with Crippen LogP contribution in [0.5, 0.6) is 0 Å². The predicted molar refractivity (Wildman–Crippen MR) is 75.9 cm³/mol. The van der Waals surface area contributed by atoms with Gasteiger partial charge in [0.1, 0.15) is 0 Å². The Morgan fingerprint density at radius 3 is 2.56 bits per heavy atom. The molecule has 1 fully saturated rings. The van der Waals surface area contributed by atoms with Crippen LogP contribution in [0.3, 0.4) is 0 Å². The van der Waals surface area contributed by atoms with E-state index >= 15 is 0 Å². The van der Waals surface area contributed by atoms with Crippen molar-refractivity contribution < 1.29 is 4.79 Å². The first-order chi connectivity index (χ1) is 8.72. The standard InChI is InChI=1S/C17H24O/c1-3-4-5-6-7-15-12-16(15)17(18)14-10-8-13(2)9-11-14/h8-11,15-16H,3-7,12H2,1-2H3/t15-,16-/m0/s1. The molecule has 1 aliphatic rings. The fourth-order valence-corrected chi connectivity index (χ4v) is 2.65. The molecule has 0 spiro atoms. The lowest BCUT2D eigenvalue weighted by Gasteiger charge is -2.02. The van der Waals surface area contributed by atoms with Gasteiger partial charge in [-0.3, -0.25) is 4.79 Å². The quantitative estimate of drug-likeness (QED) is 0.498. The second-order valence-electron chi connectivity index (χ2n) is 5.68. The van der Waals surface area contributed by atoms with Crippen LogP contribution in [-0.4, -0.2) is 5.78 Å². The minimum absolute atomic E-state index is 0.328. The molecule has 1 saturated carbocycles. The zero-order chi connectivity index (χ0) is 13.0. The van der Waals surface area contributed by atoms with Crippen LogP contribution in [0.15, 0.2) is 24.3 Å². The Hall–Kier alpha value is -1.11. The predicted octanol–water partition coefficient (Wildman–Crippen LogP) is 4.78. The molecule has 0 aromatic heterocycles. The Balaban J connectivity index is 1.77. The molecule has 1 aromatic rings. The maximum absolute atomic E-state index is 12.2. The molecule has 1 aromatic carbocycles. The summed E-state index contributed by atoms with van der Waals surface area (Å²) >= 11 is 0. The van der Waals surface area contributed by atoms with E-state index in [0.29, 0.717) is 17.6 Å². The fraction of sp³-hybridized carbons (Fsp3) is 0.588. The van der Waals surface area contributed by atoms with Crippen LogP contribution in [0, 0.1) is 18.8 Å². The minimum Gasteiger partial charge on any atom is -0.294 e. The molecule has 0 N–H and O–H groups in total. The monoisotopic (exact) mass is 244 g/mol. The molecule has 0 unspecified atom stereocenters. The molecule has 0 aliphatic heterocycles. The summed E-state index contributed by atoms with van der Waals surface area (Å²) in [6.45, 7) is 4.29. The average molecular weight is 244 g/mol. The second kappa shape index (κ2) is 6.17. The number of hydrogen-bond acceptors (Lipinski definition) is 1. The summed E-state index contributed by atoms with van der Waals surface area (Å²) in [5, 5.41) is 0. The van der Waals surface area contributed by atoms with Gasteiger partial charge in [0.15, 0.2) is 5.78 Å². The normalized spacial score (nSPS) is 21.9. The smallest absolute Gasteiger partial charge is 0.166 e. The third-order valence-electron chi connectivity index (χ3n) is 4.02. The summed E-state index contributed by atoms with van der Waals surface area (Å²) in [7, 11) is 0. The van der Waals surface area contributed by atoms with E-state index in [1.807, 2.05) is 24.3 Å². The van der Waals surface area contributed by atoms with Gasteiger partial charge in [-0.1, -0.05) is 62.4 Å². The highest BCUT2D eigenvalue weighted by atomic mass is 16.1. The minimum atomic E-state index is 0.328. The highest BCUT2D eigenvalue weighted by Crippen LogP contribution is 2.44. The third-order valence-corrected chi connectivity index (χ3v) is 4.02. The average Bonchev–Trinajstić information content (AvgIpc) is 3.14. The Labute approximate surface area is 111 Å². The van der Waals surface area contributed by atoms with Crippen molar-refractivity contribution in [3.8, 4) is 0 Å². The van der Waals surface area contributed by atoms with E-state index in [1.54, 1.807) is 0 Å². The molecular weight excluding hydrogens is 220 g/mol. The van der Waals surface area contributed by atoms with Gasteiger partial charge in [-0.2, -0.15) is 0 Å². The second-order valence-corrected chi connectivity index (χ2v) is 5.68. The number of carbonyl (C=O) groups excluding carboxylic acids is 1.